The molecule has 1 saturated heterocycles. The second-order valence-corrected chi connectivity index (χ2v) is 6.78. The lowest BCUT2D eigenvalue weighted by molar-refractivity contribution is -0.903. The van der Waals surface area contributed by atoms with Crippen molar-refractivity contribution in [3.05, 3.63) is 59.4 Å². The van der Waals surface area contributed by atoms with Gasteiger partial charge in [0.05, 0.1) is 26.2 Å². The number of halogens is 2. The van der Waals surface area contributed by atoms with E-state index < -0.39 is 6.10 Å². The van der Waals surface area contributed by atoms with Crippen LogP contribution in [-0.2, 0) is 0 Å². The number of piperazine rings is 1. The van der Waals surface area contributed by atoms with Gasteiger partial charge in [0.1, 0.15) is 30.8 Å². The Kier molecular flexibility index (Phi) is 6.13. The Labute approximate surface area is 152 Å². The first-order chi connectivity index (χ1) is 12.1. The number of rotatable bonds is 6. The standard InChI is InChI=1S/C19H22ClFN2O2/c20-15-2-1-3-17(12-15)23-10-8-22(9-11-23)13-18(24)14-25-19-6-4-16(21)5-7-19/h1-7,12,18,24H,8-11,13-14H2/p+1/t18-/m1/s1. The van der Waals surface area contributed by atoms with Crippen LogP contribution in [0, 0.1) is 5.82 Å². The maximum atomic E-state index is 12.9. The fourth-order valence-corrected chi connectivity index (χ4v) is 3.26. The third-order valence-corrected chi connectivity index (χ3v) is 4.66. The topological polar surface area (TPSA) is 37.1 Å². The van der Waals surface area contributed by atoms with Gasteiger partial charge in [-0.25, -0.2) is 4.39 Å². The Morgan fingerprint density at radius 3 is 2.56 bits per heavy atom. The fraction of sp³-hybridized carbons (Fsp3) is 0.368. The molecule has 1 heterocycles. The average Bonchev–Trinajstić information content (AvgIpc) is 2.62. The molecule has 25 heavy (non-hydrogen) atoms. The lowest BCUT2D eigenvalue weighted by atomic mass is 10.2. The van der Waals surface area contributed by atoms with E-state index >= 15 is 0 Å². The molecule has 1 aliphatic rings. The Morgan fingerprint density at radius 1 is 1.16 bits per heavy atom. The van der Waals surface area contributed by atoms with Crippen molar-refractivity contribution in [2.45, 2.75) is 6.10 Å². The number of aliphatic hydroxyl groups is 1. The number of hydrogen-bond acceptors (Lipinski definition) is 3. The highest BCUT2D eigenvalue weighted by atomic mass is 35.5. The molecule has 0 amide bonds. The van der Waals surface area contributed by atoms with E-state index in [4.69, 9.17) is 16.3 Å². The van der Waals surface area contributed by atoms with Crippen molar-refractivity contribution in [2.75, 3.05) is 44.2 Å². The highest BCUT2D eigenvalue weighted by Crippen LogP contribution is 2.19. The van der Waals surface area contributed by atoms with Gasteiger partial charge in [0, 0.05) is 10.7 Å². The van der Waals surface area contributed by atoms with E-state index in [0.29, 0.717) is 12.3 Å². The predicted octanol–water partition coefficient (Wildman–Crippen LogP) is 1.62. The zero-order valence-corrected chi connectivity index (χ0v) is 14.8. The molecule has 0 spiro atoms. The summed E-state index contributed by atoms with van der Waals surface area (Å²) in [6.45, 7) is 4.64. The largest absolute Gasteiger partial charge is 0.491 e. The van der Waals surface area contributed by atoms with E-state index in [0.717, 1.165) is 36.9 Å². The fourth-order valence-electron chi connectivity index (χ4n) is 3.07. The molecule has 0 aliphatic carbocycles. The molecule has 0 aromatic heterocycles. The minimum Gasteiger partial charge on any atom is -0.491 e. The second kappa shape index (κ2) is 8.52. The molecular formula is C19H23ClFN2O2+. The van der Waals surface area contributed by atoms with E-state index in [2.05, 4.69) is 11.0 Å². The van der Waals surface area contributed by atoms with Gasteiger partial charge in [0.25, 0.3) is 0 Å². The molecule has 1 fully saturated rings. The van der Waals surface area contributed by atoms with E-state index in [1.165, 1.54) is 17.0 Å². The van der Waals surface area contributed by atoms with Gasteiger partial charge in [-0.1, -0.05) is 17.7 Å². The monoisotopic (exact) mass is 365 g/mol. The first kappa shape index (κ1) is 18.0. The minimum atomic E-state index is -0.544. The van der Waals surface area contributed by atoms with Gasteiger partial charge in [-0.2, -0.15) is 0 Å². The summed E-state index contributed by atoms with van der Waals surface area (Å²) in [7, 11) is 0. The van der Waals surface area contributed by atoms with Crippen LogP contribution in [0.15, 0.2) is 48.5 Å². The number of benzene rings is 2. The summed E-state index contributed by atoms with van der Waals surface area (Å²) < 4.78 is 18.4. The zero-order chi connectivity index (χ0) is 17.6. The van der Waals surface area contributed by atoms with Gasteiger partial charge in [-0.15, -0.1) is 0 Å². The number of hydrogen-bond donors (Lipinski definition) is 2. The van der Waals surface area contributed by atoms with Crippen LogP contribution in [0.5, 0.6) is 5.75 Å². The van der Waals surface area contributed by atoms with Gasteiger partial charge >= 0.3 is 0 Å². The van der Waals surface area contributed by atoms with E-state index in [1.807, 2.05) is 18.2 Å². The number of ether oxygens (including phenoxy) is 1. The number of nitrogens with zero attached hydrogens (tertiary/aromatic N) is 1. The molecule has 0 radical (unpaired) electrons. The minimum absolute atomic E-state index is 0.215. The van der Waals surface area contributed by atoms with E-state index in [-0.39, 0.29) is 12.4 Å². The lowest BCUT2D eigenvalue weighted by Crippen LogP contribution is -3.16. The quantitative estimate of drug-likeness (QED) is 0.817. The van der Waals surface area contributed by atoms with Gasteiger partial charge < -0.3 is 19.6 Å². The number of anilines is 1. The van der Waals surface area contributed by atoms with Crippen LogP contribution in [0.4, 0.5) is 10.1 Å². The summed E-state index contributed by atoms with van der Waals surface area (Å²) >= 11 is 6.06. The van der Waals surface area contributed by atoms with Gasteiger partial charge in [0.2, 0.25) is 0 Å². The molecule has 0 bridgehead atoms. The Morgan fingerprint density at radius 2 is 1.88 bits per heavy atom. The molecule has 6 heteroatoms. The van der Waals surface area contributed by atoms with E-state index in [1.54, 1.807) is 12.1 Å². The summed E-state index contributed by atoms with van der Waals surface area (Å²) in [6, 6.07) is 13.7. The summed E-state index contributed by atoms with van der Waals surface area (Å²) in [5.74, 6) is 0.274. The van der Waals surface area contributed by atoms with Crippen molar-refractivity contribution in [3.8, 4) is 5.75 Å². The second-order valence-electron chi connectivity index (χ2n) is 6.34. The normalized spacial score (nSPS) is 16.7. The van der Waals surface area contributed by atoms with Crippen LogP contribution in [0.1, 0.15) is 0 Å². The van der Waals surface area contributed by atoms with Crippen LogP contribution < -0.4 is 14.5 Å². The van der Waals surface area contributed by atoms with Crippen LogP contribution >= 0.6 is 11.6 Å². The molecule has 1 aliphatic heterocycles. The Bertz CT molecular complexity index is 675. The van der Waals surface area contributed by atoms with Crippen LogP contribution in [0.2, 0.25) is 5.02 Å². The maximum Gasteiger partial charge on any atom is 0.137 e. The molecule has 2 N–H and O–H groups in total. The lowest BCUT2D eigenvalue weighted by Gasteiger charge is -2.34. The molecule has 0 unspecified atom stereocenters. The van der Waals surface area contributed by atoms with E-state index in [9.17, 15) is 9.50 Å². The molecule has 2 aromatic carbocycles. The maximum absolute atomic E-state index is 12.9. The van der Waals surface area contributed by atoms with Crippen molar-refractivity contribution in [2.24, 2.45) is 0 Å². The summed E-state index contributed by atoms with van der Waals surface area (Å²) in [6.07, 6.45) is -0.544. The molecule has 0 saturated carbocycles. The molecule has 134 valence electrons. The number of nitrogens with one attached hydrogen (secondary N) is 1. The van der Waals surface area contributed by atoms with Gasteiger partial charge in [0.15, 0.2) is 0 Å². The third kappa shape index (κ3) is 5.33. The predicted molar refractivity (Wildman–Crippen MR) is 97.1 cm³/mol. The SMILES string of the molecule is O[C@@H](COc1ccc(F)cc1)C[NH+]1CCN(c2cccc(Cl)c2)CC1. The van der Waals surface area contributed by atoms with Crippen molar-refractivity contribution in [1.29, 1.82) is 0 Å². The van der Waals surface area contributed by atoms with Crippen molar-refractivity contribution in [1.82, 2.24) is 0 Å². The zero-order valence-electron chi connectivity index (χ0n) is 14.0. The molecule has 2 aromatic rings. The molecule has 1 atom stereocenters. The highest BCUT2D eigenvalue weighted by molar-refractivity contribution is 6.30. The first-order valence-corrected chi connectivity index (χ1v) is 8.88. The summed E-state index contributed by atoms with van der Waals surface area (Å²) in [4.78, 5) is 3.67. The number of aliphatic hydroxyl groups excluding tert-OH is 1. The van der Waals surface area contributed by atoms with Gasteiger partial charge in [-0.05, 0) is 42.5 Å². The van der Waals surface area contributed by atoms with Crippen molar-refractivity contribution in [3.63, 3.8) is 0 Å². The van der Waals surface area contributed by atoms with Crippen LogP contribution in [-0.4, -0.2) is 50.5 Å². The molecular weight excluding hydrogens is 343 g/mol. The van der Waals surface area contributed by atoms with Crippen molar-refractivity contribution >= 4 is 17.3 Å². The number of quaternary nitrogens is 1. The van der Waals surface area contributed by atoms with Crippen LogP contribution in [0.25, 0.3) is 0 Å². The summed E-state index contributed by atoms with van der Waals surface area (Å²) in [5, 5.41) is 10.9. The highest BCUT2D eigenvalue weighted by Gasteiger charge is 2.23. The molecule has 3 rings (SSSR count). The van der Waals surface area contributed by atoms with Crippen molar-refractivity contribution < 1.29 is 19.1 Å². The van der Waals surface area contributed by atoms with Gasteiger partial charge in [-0.3, -0.25) is 0 Å². The summed E-state index contributed by atoms with van der Waals surface area (Å²) in [5.41, 5.74) is 1.15. The first-order valence-electron chi connectivity index (χ1n) is 8.50. The third-order valence-electron chi connectivity index (χ3n) is 4.42. The molecule has 4 nitrogen and oxygen atoms in total. The Balaban J connectivity index is 1.41. The average molecular weight is 366 g/mol. The smallest absolute Gasteiger partial charge is 0.137 e. The Hall–Kier alpha value is -1.82. The van der Waals surface area contributed by atoms with Crippen LogP contribution in [0.3, 0.4) is 0 Å².